The maximum Gasteiger partial charge on any atom is 0.103 e. The lowest BCUT2D eigenvalue weighted by Gasteiger charge is -2.27. The van der Waals surface area contributed by atoms with E-state index in [0.717, 1.165) is 37.7 Å². The first kappa shape index (κ1) is 14.3. The molecule has 1 aromatic carbocycles. The first-order chi connectivity index (χ1) is 9.13. The van der Waals surface area contributed by atoms with Gasteiger partial charge in [-0.15, -0.1) is 0 Å². The highest BCUT2D eigenvalue weighted by Crippen LogP contribution is 2.32. The minimum Gasteiger partial charge on any atom is -0.247 e. The molecular formula is C18H25F. The zero-order valence-corrected chi connectivity index (χ0v) is 12.2. The van der Waals surface area contributed by atoms with E-state index in [4.69, 9.17) is 0 Å². The van der Waals surface area contributed by atoms with Gasteiger partial charge in [0.25, 0.3) is 0 Å². The van der Waals surface area contributed by atoms with Gasteiger partial charge in [-0.2, -0.15) is 0 Å². The molecule has 0 bridgehead atoms. The number of hydrogen-bond acceptors (Lipinski definition) is 0. The first-order valence-electron chi connectivity index (χ1n) is 7.54. The monoisotopic (exact) mass is 260 g/mol. The van der Waals surface area contributed by atoms with Crippen molar-refractivity contribution in [2.45, 2.75) is 58.5 Å². The average molecular weight is 260 g/mol. The minimum atomic E-state index is -0.614. The molecule has 0 N–H and O–H groups in total. The molecule has 0 aromatic heterocycles. The molecule has 19 heavy (non-hydrogen) atoms. The van der Waals surface area contributed by atoms with Crippen LogP contribution in [0.3, 0.4) is 0 Å². The third-order valence-corrected chi connectivity index (χ3v) is 4.34. The standard InChI is InChI=1S/C18H25F/c1-4-14-9-7-10-16(18(14)13(2)3)12-15-8-5-6-11-17(15)19/h7,9-10,15,17H,2,4-6,8,11-12H2,1,3H3. The normalized spacial score (nSPS) is 23.3. The summed E-state index contributed by atoms with van der Waals surface area (Å²) in [5.74, 6) is 0.207. The van der Waals surface area contributed by atoms with Crippen LogP contribution in [0.5, 0.6) is 0 Å². The summed E-state index contributed by atoms with van der Waals surface area (Å²) in [6, 6.07) is 6.43. The number of benzene rings is 1. The molecular weight excluding hydrogens is 235 g/mol. The van der Waals surface area contributed by atoms with Crippen LogP contribution < -0.4 is 0 Å². The van der Waals surface area contributed by atoms with Gasteiger partial charge in [0.15, 0.2) is 0 Å². The predicted octanol–water partition coefficient (Wildman–Crippen LogP) is 5.35. The molecule has 0 nitrogen and oxygen atoms in total. The summed E-state index contributed by atoms with van der Waals surface area (Å²) in [6.45, 7) is 8.35. The Morgan fingerprint density at radius 3 is 2.58 bits per heavy atom. The maximum absolute atomic E-state index is 14.0. The molecule has 1 saturated carbocycles. The van der Waals surface area contributed by atoms with Gasteiger partial charge >= 0.3 is 0 Å². The molecule has 0 radical (unpaired) electrons. The highest BCUT2D eigenvalue weighted by Gasteiger charge is 2.25. The molecule has 104 valence electrons. The smallest absolute Gasteiger partial charge is 0.103 e. The van der Waals surface area contributed by atoms with E-state index >= 15 is 0 Å². The van der Waals surface area contributed by atoms with Crippen molar-refractivity contribution >= 4 is 5.57 Å². The third-order valence-electron chi connectivity index (χ3n) is 4.34. The Balaban J connectivity index is 2.26. The molecule has 1 aliphatic carbocycles. The van der Waals surface area contributed by atoms with Gasteiger partial charge in [0.2, 0.25) is 0 Å². The summed E-state index contributed by atoms with van der Waals surface area (Å²) < 4.78 is 14.0. The maximum atomic E-state index is 14.0. The number of alkyl halides is 1. The van der Waals surface area contributed by atoms with Gasteiger partial charge in [-0.1, -0.05) is 50.1 Å². The molecule has 1 fully saturated rings. The largest absolute Gasteiger partial charge is 0.247 e. The molecule has 0 amide bonds. The van der Waals surface area contributed by atoms with Crippen molar-refractivity contribution < 1.29 is 4.39 Å². The van der Waals surface area contributed by atoms with E-state index in [9.17, 15) is 4.39 Å². The number of aryl methyl sites for hydroxylation is 1. The van der Waals surface area contributed by atoms with E-state index in [0.29, 0.717) is 0 Å². The molecule has 2 rings (SSSR count). The fourth-order valence-electron chi connectivity index (χ4n) is 3.34. The minimum absolute atomic E-state index is 0.207. The summed E-state index contributed by atoms with van der Waals surface area (Å²) in [5.41, 5.74) is 5.03. The lowest BCUT2D eigenvalue weighted by atomic mass is 9.81. The Kier molecular flexibility index (Phi) is 4.79. The molecule has 2 unspecified atom stereocenters. The summed E-state index contributed by atoms with van der Waals surface area (Å²) in [6.07, 6.45) is 5.29. The van der Waals surface area contributed by atoms with Crippen molar-refractivity contribution in [2.24, 2.45) is 5.92 Å². The SMILES string of the molecule is C=C(C)c1c(CC)cccc1CC1CCCCC1F. The van der Waals surface area contributed by atoms with Crippen molar-refractivity contribution in [1.29, 1.82) is 0 Å². The Labute approximate surface area is 116 Å². The van der Waals surface area contributed by atoms with Gasteiger partial charge in [-0.05, 0) is 55.2 Å². The highest BCUT2D eigenvalue weighted by molar-refractivity contribution is 5.67. The molecule has 0 spiro atoms. The Bertz CT molecular complexity index is 447. The van der Waals surface area contributed by atoms with Crippen LogP contribution in [0, 0.1) is 5.92 Å². The van der Waals surface area contributed by atoms with Crippen molar-refractivity contribution in [3.05, 3.63) is 41.5 Å². The zero-order valence-electron chi connectivity index (χ0n) is 12.2. The van der Waals surface area contributed by atoms with Gasteiger partial charge in [0, 0.05) is 0 Å². The van der Waals surface area contributed by atoms with Crippen molar-refractivity contribution in [1.82, 2.24) is 0 Å². The lowest BCUT2D eigenvalue weighted by molar-refractivity contribution is 0.165. The summed E-state index contributed by atoms with van der Waals surface area (Å²) in [4.78, 5) is 0. The van der Waals surface area contributed by atoms with E-state index in [2.05, 4.69) is 38.6 Å². The first-order valence-corrected chi connectivity index (χ1v) is 7.54. The van der Waals surface area contributed by atoms with Crippen LogP contribution in [0.25, 0.3) is 5.57 Å². The Hall–Kier alpha value is -1.11. The second-order valence-electron chi connectivity index (χ2n) is 5.85. The lowest BCUT2D eigenvalue weighted by Crippen LogP contribution is -2.23. The van der Waals surface area contributed by atoms with E-state index in [1.165, 1.54) is 23.1 Å². The van der Waals surface area contributed by atoms with Crippen LogP contribution in [-0.4, -0.2) is 6.17 Å². The van der Waals surface area contributed by atoms with E-state index < -0.39 is 6.17 Å². The molecule has 1 aromatic rings. The number of allylic oxidation sites excluding steroid dienone is 1. The van der Waals surface area contributed by atoms with Gasteiger partial charge in [-0.25, -0.2) is 4.39 Å². The van der Waals surface area contributed by atoms with E-state index in [-0.39, 0.29) is 5.92 Å². The van der Waals surface area contributed by atoms with Crippen LogP contribution in [0.15, 0.2) is 24.8 Å². The second-order valence-corrected chi connectivity index (χ2v) is 5.85. The van der Waals surface area contributed by atoms with E-state index in [1.54, 1.807) is 0 Å². The molecule has 0 saturated heterocycles. The van der Waals surface area contributed by atoms with Gasteiger partial charge in [-0.3, -0.25) is 0 Å². The zero-order chi connectivity index (χ0) is 13.8. The quantitative estimate of drug-likeness (QED) is 0.684. The summed E-state index contributed by atoms with van der Waals surface area (Å²) in [7, 11) is 0. The predicted molar refractivity (Wildman–Crippen MR) is 81.1 cm³/mol. The summed E-state index contributed by atoms with van der Waals surface area (Å²) in [5, 5.41) is 0. The van der Waals surface area contributed by atoms with E-state index in [1.807, 2.05) is 0 Å². The second kappa shape index (κ2) is 6.36. The number of rotatable bonds is 4. The molecule has 1 heteroatoms. The molecule has 1 aliphatic rings. The van der Waals surface area contributed by atoms with Crippen LogP contribution in [0.4, 0.5) is 4.39 Å². The average Bonchev–Trinajstić information content (AvgIpc) is 2.40. The van der Waals surface area contributed by atoms with Crippen molar-refractivity contribution in [3.8, 4) is 0 Å². The fourth-order valence-corrected chi connectivity index (χ4v) is 3.34. The topological polar surface area (TPSA) is 0 Å². The highest BCUT2D eigenvalue weighted by atomic mass is 19.1. The van der Waals surface area contributed by atoms with Gasteiger partial charge in [0.1, 0.15) is 6.17 Å². The third kappa shape index (κ3) is 3.26. The number of halogens is 1. The van der Waals surface area contributed by atoms with Crippen LogP contribution in [0.2, 0.25) is 0 Å². The van der Waals surface area contributed by atoms with Crippen LogP contribution in [-0.2, 0) is 12.8 Å². The van der Waals surface area contributed by atoms with Gasteiger partial charge < -0.3 is 0 Å². The van der Waals surface area contributed by atoms with Crippen molar-refractivity contribution in [3.63, 3.8) is 0 Å². The molecule has 0 aliphatic heterocycles. The number of hydrogen-bond donors (Lipinski definition) is 0. The molecule has 0 heterocycles. The Morgan fingerprint density at radius 2 is 1.95 bits per heavy atom. The fraction of sp³-hybridized carbons (Fsp3) is 0.556. The Morgan fingerprint density at radius 1 is 1.26 bits per heavy atom. The summed E-state index contributed by atoms with van der Waals surface area (Å²) >= 11 is 0. The molecule has 2 atom stereocenters. The van der Waals surface area contributed by atoms with Gasteiger partial charge in [0.05, 0.1) is 0 Å². The van der Waals surface area contributed by atoms with Crippen LogP contribution in [0.1, 0.15) is 56.2 Å². The van der Waals surface area contributed by atoms with Crippen molar-refractivity contribution in [2.75, 3.05) is 0 Å². The van der Waals surface area contributed by atoms with Crippen LogP contribution >= 0.6 is 0 Å².